The molecule has 3 nitrogen and oxygen atoms in total. The lowest BCUT2D eigenvalue weighted by Gasteiger charge is -1.95. The van der Waals surface area contributed by atoms with Crippen molar-refractivity contribution < 1.29 is 0 Å². The van der Waals surface area contributed by atoms with Gasteiger partial charge in [0.1, 0.15) is 11.5 Å². The van der Waals surface area contributed by atoms with Crippen molar-refractivity contribution in [2.24, 2.45) is 5.73 Å². The minimum atomic E-state index is 0. The molecule has 0 radical (unpaired) electrons. The Morgan fingerprint density at radius 2 is 2.27 bits per heavy atom. The summed E-state index contributed by atoms with van der Waals surface area (Å²) in [7, 11) is 0. The predicted octanol–water partition coefficient (Wildman–Crippen LogP) is 1.39. The number of nitrogens with two attached hydrogens (primary N) is 1. The van der Waals surface area contributed by atoms with E-state index in [1.807, 2.05) is 6.07 Å². The molecule has 0 saturated carbocycles. The molecule has 0 aliphatic carbocycles. The third kappa shape index (κ3) is 3.02. The number of amidine groups is 1. The van der Waals surface area contributed by atoms with E-state index in [1.54, 1.807) is 12.3 Å². The van der Waals surface area contributed by atoms with Crippen molar-refractivity contribution in [3.63, 3.8) is 0 Å². The van der Waals surface area contributed by atoms with E-state index in [0.29, 0.717) is 5.69 Å². The molecule has 0 fully saturated rings. The fourth-order valence-electron chi connectivity index (χ4n) is 0.552. The number of aromatic nitrogens is 1. The number of nitrogens with one attached hydrogen (secondary N) is 1. The third-order valence-corrected chi connectivity index (χ3v) is 1.67. The Morgan fingerprint density at radius 1 is 1.64 bits per heavy atom. The van der Waals surface area contributed by atoms with Crippen LogP contribution in [-0.4, -0.2) is 10.8 Å². The maximum absolute atomic E-state index is 7.04. The summed E-state index contributed by atoms with van der Waals surface area (Å²) in [5, 5.41) is 7.04. The Kier molecular flexibility index (Phi) is 4.36. The summed E-state index contributed by atoms with van der Waals surface area (Å²) in [5.41, 5.74) is 5.73. The molecule has 1 heterocycles. The van der Waals surface area contributed by atoms with Gasteiger partial charge in [0.15, 0.2) is 0 Å². The first-order valence-electron chi connectivity index (χ1n) is 2.66. The van der Waals surface area contributed by atoms with Gasteiger partial charge in [0, 0.05) is 9.77 Å². The zero-order chi connectivity index (χ0) is 7.56. The second-order valence-electron chi connectivity index (χ2n) is 1.77. The van der Waals surface area contributed by atoms with E-state index >= 15 is 0 Å². The molecule has 0 unspecified atom stereocenters. The molecular weight excluding hydrogens is 276 g/mol. The van der Waals surface area contributed by atoms with Crippen molar-refractivity contribution in [2.75, 3.05) is 0 Å². The van der Waals surface area contributed by atoms with Crippen LogP contribution in [0, 0.1) is 8.98 Å². The molecule has 1 aromatic rings. The Bertz CT molecular complexity index is 264. The molecule has 0 aromatic carbocycles. The highest BCUT2D eigenvalue weighted by molar-refractivity contribution is 14.1. The van der Waals surface area contributed by atoms with E-state index in [4.69, 9.17) is 11.1 Å². The fourth-order valence-corrected chi connectivity index (χ4v) is 1.01. The van der Waals surface area contributed by atoms with Crippen LogP contribution >= 0.6 is 35.0 Å². The monoisotopic (exact) mass is 283 g/mol. The standard InChI is InChI=1S/C6H6IN3.ClH/c7-4-1-2-10-5(3-4)6(8)9;/h1-3H,(H3,8,9);1H. The highest BCUT2D eigenvalue weighted by Crippen LogP contribution is 2.03. The van der Waals surface area contributed by atoms with E-state index in [2.05, 4.69) is 27.6 Å². The van der Waals surface area contributed by atoms with Gasteiger partial charge < -0.3 is 5.73 Å². The molecule has 0 amide bonds. The first-order valence-corrected chi connectivity index (χ1v) is 3.74. The van der Waals surface area contributed by atoms with Crippen LogP contribution < -0.4 is 5.73 Å². The highest BCUT2D eigenvalue weighted by atomic mass is 127. The van der Waals surface area contributed by atoms with E-state index < -0.39 is 0 Å². The van der Waals surface area contributed by atoms with E-state index in [0.717, 1.165) is 3.57 Å². The topological polar surface area (TPSA) is 62.8 Å². The molecule has 11 heavy (non-hydrogen) atoms. The molecule has 5 heteroatoms. The normalized spacial score (nSPS) is 8.45. The van der Waals surface area contributed by atoms with Crippen LogP contribution in [0.2, 0.25) is 0 Å². The zero-order valence-corrected chi connectivity index (χ0v) is 8.52. The van der Waals surface area contributed by atoms with Gasteiger partial charge in [-0.2, -0.15) is 0 Å². The predicted molar refractivity (Wildman–Crippen MR) is 55.2 cm³/mol. The van der Waals surface area contributed by atoms with E-state index in [1.165, 1.54) is 0 Å². The second-order valence-corrected chi connectivity index (χ2v) is 3.02. The van der Waals surface area contributed by atoms with Crippen LogP contribution in [0.25, 0.3) is 0 Å². The lowest BCUT2D eigenvalue weighted by molar-refractivity contribution is 1.25. The van der Waals surface area contributed by atoms with Crippen LogP contribution in [0.3, 0.4) is 0 Å². The van der Waals surface area contributed by atoms with Gasteiger partial charge in [0.2, 0.25) is 0 Å². The largest absolute Gasteiger partial charge is 0.382 e. The summed E-state index contributed by atoms with van der Waals surface area (Å²) in [4.78, 5) is 3.88. The Balaban J connectivity index is 0.000001000. The Morgan fingerprint density at radius 3 is 2.64 bits per heavy atom. The van der Waals surface area contributed by atoms with Crippen molar-refractivity contribution >= 4 is 40.8 Å². The van der Waals surface area contributed by atoms with Crippen molar-refractivity contribution in [3.8, 4) is 0 Å². The first kappa shape index (κ1) is 10.6. The number of rotatable bonds is 1. The number of nitrogen functional groups attached to an aromatic ring is 1. The minimum Gasteiger partial charge on any atom is -0.382 e. The molecule has 0 bridgehead atoms. The summed E-state index contributed by atoms with van der Waals surface area (Å²) in [5.74, 6) is 0.0125. The molecule has 0 spiro atoms. The lowest BCUT2D eigenvalue weighted by Crippen LogP contribution is -2.12. The molecule has 1 rings (SSSR count). The number of hydrogen-bond acceptors (Lipinski definition) is 2. The second kappa shape index (κ2) is 4.50. The summed E-state index contributed by atoms with van der Waals surface area (Å²) in [6, 6.07) is 3.62. The molecular formula is C6H7ClIN3. The molecule has 60 valence electrons. The average Bonchev–Trinajstić information content (AvgIpc) is 1.88. The van der Waals surface area contributed by atoms with Crippen LogP contribution in [0.4, 0.5) is 0 Å². The van der Waals surface area contributed by atoms with E-state index in [-0.39, 0.29) is 18.2 Å². The number of halogens is 2. The first-order chi connectivity index (χ1) is 4.70. The highest BCUT2D eigenvalue weighted by Gasteiger charge is 1.95. The zero-order valence-electron chi connectivity index (χ0n) is 5.54. The minimum absolute atomic E-state index is 0. The average molecular weight is 284 g/mol. The van der Waals surface area contributed by atoms with Gasteiger partial charge in [0.05, 0.1) is 0 Å². The molecule has 1 aromatic heterocycles. The third-order valence-electron chi connectivity index (χ3n) is 0.998. The van der Waals surface area contributed by atoms with Crippen molar-refractivity contribution in [2.45, 2.75) is 0 Å². The van der Waals surface area contributed by atoms with Crippen molar-refractivity contribution in [3.05, 3.63) is 27.6 Å². The summed E-state index contributed by atoms with van der Waals surface area (Å²) < 4.78 is 1.04. The molecule has 3 N–H and O–H groups in total. The van der Waals surface area contributed by atoms with Gasteiger partial charge in [0.25, 0.3) is 0 Å². The van der Waals surface area contributed by atoms with E-state index in [9.17, 15) is 0 Å². The quantitative estimate of drug-likeness (QED) is 0.465. The van der Waals surface area contributed by atoms with Crippen LogP contribution in [-0.2, 0) is 0 Å². The number of pyridine rings is 1. The van der Waals surface area contributed by atoms with Crippen molar-refractivity contribution in [1.29, 1.82) is 5.41 Å². The smallest absolute Gasteiger partial charge is 0.141 e. The fraction of sp³-hybridized carbons (Fsp3) is 0. The van der Waals surface area contributed by atoms with Gasteiger partial charge in [-0.15, -0.1) is 12.4 Å². The van der Waals surface area contributed by atoms with Crippen LogP contribution in [0.1, 0.15) is 5.69 Å². The Hall–Kier alpha value is -0.360. The maximum Gasteiger partial charge on any atom is 0.141 e. The lowest BCUT2D eigenvalue weighted by atomic mass is 10.3. The van der Waals surface area contributed by atoms with Gasteiger partial charge in [-0.1, -0.05) is 0 Å². The summed E-state index contributed by atoms with van der Waals surface area (Å²) in [6.45, 7) is 0. The summed E-state index contributed by atoms with van der Waals surface area (Å²) in [6.07, 6.45) is 1.64. The summed E-state index contributed by atoms with van der Waals surface area (Å²) >= 11 is 2.15. The Labute approximate surface area is 84.5 Å². The molecule has 0 aliphatic heterocycles. The van der Waals surface area contributed by atoms with Crippen molar-refractivity contribution in [1.82, 2.24) is 4.98 Å². The molecule has 0 saturated heterocycles. The van der Waals surface area contributed by atoms with Crippen LogP contribution in [0.15, 0.2) is 18.3 Å². The molecule has 0 aliphatic rings. The van der Waals surface area contributed by atoms with Gasteiger partial charge in [-0.3, -0.25) is 10.4 Å². The maximum atomic E-state index is 7.04. The number of nitrogens with zero attached hydrogens (tertiary/aromatic N) is 1. The van der Waals surface area contributed by atoms with Gasteiger partial charge >= 0.3 is 0 Å². The van der Waals surface area contributed by atoms with Gasteiger partial charge in [-0.25, -0.2) is 0 Å². The number of hydrogen-bond donors (Lipinski definition) is 2. The molecule has 0 atom stereocenters. The SMILES string of the molecule is Cl.N=C(N)c1cc(I)ccn1. The van der Waals surface area contributed by atoms with Gasteiger partial charge in [-0.05, 0) is 34.7 Å². The van der Waals surface area contributed by atoms with Crippen LogP contribution in [0.5, 0.6) is 0 Å².